The number of nitrogens with zero attached hydrogens (tertiary/aromatic N) is 4. The van der Waals surface area contributed by atoms with Crippen LogP contribution in [0.15, 0.2) is 157 Å². The number of pyridine rings is 3. The summed E-state index contributed by atoms with van der Waals surface area (Å²) in [5.74, 6) is 0.107. The Kier molecular flexibility index (Phi) is 6.73. The molecule has 1 aliphatic carbocycles. The molecule has 0 saturated carbocycles. The Morgan fingerprint density at radius 2 is 1.10 bits per heavy atom. The third-order valence-corrected chi connectivity index (χ3v) is 10.8. The molecular weight excluding hydrogens is 597 g/mol. The molecule has 2 atom stereocenters. The monoisotopic (exact) mass is 630 g/mol. The fraction of sp³-hybridized carbons (Fsp3) is 0.111. The fourth-order valence-corrected chi connectivity index (χ4v) is 8.21. The van der Waals surface area contributed by atoms with Crippen molar-refractivity contribution in [3.05, 3.63) is 174 Å². The summed E-state index contributed by atoms with van der Waals surface area (Å²) in [6.07, 6.45) is 7.37. The van der Waals surface area contributed by atoms with Crippen LogP contribution in [0.4, 0.5) is 5.69 Å². The lowest BCUT2D eigenvalue weighted by atomic mass is 9.56. The zero-order valence-corrected chi connectivity index (χ0v) is 27.7. The van der Waals surface area contributed by atoms with E-state index in [2.05, 4.69) is 152 Å². The molecule has 4 nitrogen and oxygen atoms in total. The van der Waals surface area contributed by atoms with E-state index in [4.69, 9.17) is 9.98 Å². The summed E-state index contributed by atoms with van der Waals surface area (Å²) in [4.78, 5) is 19.3. The van der Waals surface area contributed by atoms with Gasteiger partial charge >= 0.3 is 0 Å². The van der Waals surface area contributed by atoms with Crippen molar-refractivity contribution in [1.82, 2.24) is 15.0 Å². The van der Waals surface area contributed by atoms with E-state index in [1.165, 1.54) is 33.2 Å². The summed E-state index contributed by atoms with van der Waals surface area (Å²) >= 11 is 0. The van der Waals surface area contributed by atoms with Crippen molar-refractivity contribution in [3.8, 4) is 33.5 Å². The Bertz CT molecular complexity index is 2440. The average Bonchev–Trinajstić information content (AvgIpc) is 3.17. The highest BCUT2D eigenvalue weighted by Crippen LogP contribution is 2.59. The minimum atomic E-state index is -0.343. The number of aromatic nitrogens is 3. The summed E-state index contributed by atoms with van der Waals surface area (Å²) < 4.78 is 0. The van der Waals surface area contributed by atoms with Gasteiger partial charge in [0.05, 0.1) is 22.6 Å². The van der Waals surface area contributed by atoms with E-state index in [0.29, 0.717) is 0 Å². The molecule has 0 saturated heterocycles. The lowest BCUT2D eigenvalue weighted by molar-refractivity contribution is 0.470. The molecule has 4 aromatic carbocycles. The van der Waals surface area contributed by atoms with Gasteiger partial charge in [0.25, 0.3) is 0 Å². The second-order valence-corrected chi connectivity index (χ2v) is 13.3. The van der Waals surface area contributed by atoms with Gasteiger partial charge in [-0.2, -0.15) is 0 Å². The van der Waals surface area contributed by atoms with Crippen molar-refractivity contribution < 1.29 is 0 Å². The third kappa shape index (κ3) is 4.51. The predicted octanol–water partition coefficient (Wildman–Crippen LogP) is 11.0. The van der Waals surface area contributed by atoms with Gasteiger partial charge in [-0.15, -0.1) is 0 Å². The second kappa shape index (κ2) is 11.3. The van der Waals surface area contributed by atoms with Crippen molar-refractivity contribution in [2.45, 2.75) is 32.1 Å². The van der Waals surface area contributed by atoms with Gasteiger partial charge < -0.3 is 0 Å². The topological polar surface area (TPSA) is 51.0 Å². The van der Waals surface area contributed by atoms with Gasteiger partial charge in [0.15, 0.2) is 0 Å². The SMILES string of the molecule is CC1=C2C(c3ccc(-c4ccncc4)cc3)=Nc3ccccc3C2(C)C(C)c2c(-c3ccc(-c4ccncc4)cc3)nc3ccccc3c21. The number of hydrogen-bond donors (Lipinski definition) is 0. The number of para-hydroxylation sites is 2. The van der Waals surface area contributed by atoms with Crippen molar-refractivity contribution in [2.24, 2.45) is 4.99 Å². The molecule has 4 heteroatoms. The molecule has 4 heterocycles. The van der Waals surface area contributed by atoms with Crippen LogP contribution < -0.4 is 0 Å². The van der Waals surface area contributed by atoms with Crippen LogP contribution in [0.2, 0.25) is 0 Å². The van der Waals surface area contributed by atoms with E-state index in [1.807, 2.05) is 24.8 Å². The summed E-state index contributed by atoms with van der Waals surface area (Å²) in [7, 11) is 0. The van der Waals surface area contributed by atoms with E-state index < -0.39 is 0 Å². The van der Waals surface area contributed by atoms with E-state index in [9.17, 15) is 0 Å². The first-order valence-electron chi connectivity index (χ1n) is 16.9. The summed E-state index contributed by atoms with van der Waals surface area (Å²) in [6.45, 7) is 7.11. The Balaban J connectivity index is 1.29. The Morgan fingerprint density at radius 3 is 1.76 bits per heavy atom. The molecule has 9 rings (SSSR count). The van der Waals surface area contributed by atoms with Gasteiger partial charge in [-0.3, -0.25) is 9.97 Å². The molecule has 0 fully saturated rings. The molecule has 1 aliphatic heterocycles. The first-order chi connectivity index (χ1) is 24.0. The number of rotatable bonds is 4. The third-order valence-electron chi connectivity index (χ3n) is 10.8. The molecule has 2 unspecified atom stereocenters. The maximum atomic E-state index is 5.43. The first kappa shape index (κ1) is 29.2. The lowest BCUT2D eigenvalue weighted by Crippen LogP contribution is -2.41. The minimum Gasteiger partial charge on any atom is -0.265 e. The zero-order valence-electron chi connectivity index (χ0n) is 27.7. The van der Waals surface area contributed by atoms with Gasteiger partial charge in [0, 0.05) is 46.7 Å². The summed E-state index contributed by atoms with van der Waals surface area (Å²) in [6, 6.07) is 43.2. The highest BCUT2D eigenvalue weighted by molar-refractivity contribution is 6.22. The normalized spacial score (nSPS) is 18.0. The average molecular weight is 631 g/mol. The van der Waals surface area contributed by atoms with Crippen LogP contribution in [0.1, 0.15) is 48.9 Å². The molecular formula is C45H34N4. The van der Waals surface area contributed by atoms with Crippen LogP contribution in [-0.2, 0) is 5.41 Å². The number of benzene rings is 4. The van der Waals surface area contributed by atoms with E-state index in [-0.39, 0.29) is 11.3 Å². The molecule has 0 radical (unpaired) electrons. The maximum Gasteiger partial charge on any atom is 0.0753 e. The highest BCUT2D eigenvalue weighted by atomic mass is 14.8. The Labute approximate surface area is 286 Å². The Morgan fingerprint density at radius 1 is 0.571 bits per heavy atom. The fourth-order valence-electron chi connectivity index (χ4n) is 8.21. The summed E-state index contributed by atoms with van der Waals surface area (Å²) in [5, 5.41) is 1.18. The molecule has 49 heavy (non-hydrogen) atoms. The molecule has 3 aromatic heterocycles. The lowest BCUT2D eigenvalue weighted by Gasteiger charge is -2.48. The van der Waals surface area contributed by atoms with Crippen LogP contribution in [0.3, 0.4) is 0 Å². The van der Waals surface area contributed by atoms with Crippen LogP contribution >= 0.6 is 0 Å². The van der Waals surface area contributed by atoms with Gasteiger partial charge in [0.2, 0.25) is 0 Å². The van der Waals surface area contributed by atoms with Crippen LogP contribution in [-0.4, -0.2) is 20.7 Å². The largest absolute Gasteiger partial charge is 0.265 e. The number of fused-ring (bicyclic) bond motifs is 6. The number of allylic oxidation sites excluding steroid dienone is 2. The van der Waals surface area contributed by atoms with Gasteiger partial charge in [-0.25, -0.2) is 9.98 Å². The van der Waals surface area contributed by atoms with Gasteiger partial charge in [-0.1, -0.05) is 98.8 Å². The van der Waals surface area contributed by atoms with Crippen LogP contribution in [0, 0.1) is 0 Å². The van der Waals surface area contributed by atoms with Gasteiger partial charge in [0.1, 0.15) is 0 Å². The maximum absolute atomic E-state index is 5.43. The second-order valence-electron chi connectivity index (χ2n) is 13.3. The smallest absolute Gasteiger partial charge is 0.0753 e. The minimum absolute atomic E-state index is 0.107. The van der Waals surface area contributed by atoms with Crippen molar-refractivity contribution in [3.63, 3.8) is 0 Å². The van der Waals surface area contributed by atoms with Crippen molar-refractivity contribution in [1.29, 1.82) is 0 Å². The summed E-state index contributed by atoms with van der Waals surface area (Å²) in [5.41, 5.74) is 17.0. The molecule has 0 amide bonds. The highest BCUT2D eigenvalue weighted by Gasteiger charge is 2.49. The van der Waals surface area contributed by atoms with Gasteiger partial charge in [-0.05, 0) is 99.3 Å². The molecule has 234 valence electrons. The molecule has 7 aromatic rings. The predicted molar refractivity (Wildman–Crippen MR) is 201 cm³/mol. The quantitative estimate of drug-likeness (QED) is 0.194. The standard InChI is InChI=1S/C45H34N4/c1-28-40-36-8-4-6-10-38(36)48-43(34-16-12-30(13-17-34)32-20-24-46-25-21-32)41(40)29(2)45(3)37-9-5-7-11-39(37)49-44(42(28)45)35-18-14-31(15-19-35)33-22-26-47-27-23-33/h4-27,29H,1-3H3. The molecule has 0 bridgehead atoms. The van der Waals surface area contributed by atoms with Crippen molar-refractivity contribution >= 4 is 27.9 Å². The molecule has 0 spiro atoms. The van der Waals surface area contributed by atoms with Crippen molar-refractivity contribution in [2.75, 3.05) is 0 Å². The van der Waals surface area contributed by atoms with E-state index in [0.717, 1.165) is 56.0 Å². The number of aliphatic imine (C=N–C) groups is 1. The zero-order chi connectivity index (χ0) is 33.1. The van der Waals surface area contributed by atoms with E-state index >= 15 is 0 Å². The van der Waals surface area contributed by atoms with Crippen LogP contribution in [0.25, 0.3) is 50.0 Å². The van der Waals surface area contributed by atoms with Crippen LogP contribution in [0.5, 0.6) is 0 Å². The Hall–Kier alpha value is -6.00. The molecule has 2 aliphatic rings. The first-order valence-corrected chi connectivity index (χ1v) is 16.9. The molecule has 0 N–H and O–H groups in total. The van der Waals surface area contributed by atoms with E-state index in [1.54, 1.807) is 0 Å². The number of hydrogen-bond acceptors (Lipinski definition) is 4.